The number of aromatic hydroxyl groups is 1. The Morgan fingerprint density at radius 1 is 1.11 bits per heavy atom. The number of nitrogens with zero attached hydrogens (tertiary/aromatic N) is 4. The maximum atomic E-state index is 16.2. The van der Waals surface area contributed by atoms with Crippen LogP contribution in [-0.2, 0) is 4.79 Å². The molecular formula is C28H22ClFN4O2. The average Bonchev–Trinajstić information content (AvgIpc) is 3.33. The fourth-order valence-corrected chi connectivity index (χ4v) is 5.58. The summed E-state index contributed by atoms with van der Waals surface area (Å²) in [5, 5.41) is 18.1. The maximum absolute atomic E-state index is 16.2. The number of aromatic nitrogens is 3. The highest BCUT2D eigenvalue weighted by molar-refractivity contribution is 6.35. The number of piperidine rings is 1. The van der Waals surface area contributed by atoms with Crippen LogP contribution in [-0.4, -0.2) is 43.8 Å². The minimum Gasteiger partial charge on any atom is -0.508 e. The molecule has 1 N–H and O–H groups in total. The summed E-state index contributed by atoms with van der Waals surface area (Å²) in [7, 11) is 0. The molecule has 1 saturated heterocycles. The molecule has 3 heterocycles. The second-order valence-corrected chi connectivity index (χ2v) is 9.48. The van der Waals surface area contributed by atoms with Gasteiger partial charge in [-0.15, -0.1) is 0 Å². The second kappa shape index (κ2) is 8.60. The van der Waals surface area contributed by atoms with Gasteiger partial charge in [0.05, 0.1) is 22.8 Å². The molecule has 0 unspecified atom stereocenters. The monoisotopic (exact) mass is 500 g/mol. The number of phenolic OH excluding ortho intramolecular Hbond substituents is 1. The van der Waals surface area contributed by atoms with Gasteiger partial charge < -0.3 is 10.0 Å². The first-order valence-corrected chi connectivity index (χ1v) is 12.1. The molecular weight excluding hydrogens is 479 g/mol. The van der Waals surface area contributed by atoms with Crippen molar-refractivity contribution < 1.29 is 14.3 Å². The van der Waals surface area contributed by atoms with E-state index in [1.54, 1.807) is 29.4 Å². The number of halogens is 2. The smallest absolute Gasteiger partial charge is 0.245 e. The summed E-state index contributed by atoms with van der Waals surface area (Å²) in [6, 6.07) is 12.4. The third kappa shape index (κ3) is 3.50. The lowest BCUT2D eigenvalue weighted by molar-refractivity contribution is -0.127. The van der Waals surface area contributed by atoms with E-state index in [4.69, 9.17) is 11.6 Å². The van der Waals surface area contributed by atoms with Crippen LogP contribution in [0.3, 0.4) is 0 Å². The van der Waals surface area contributed by atoms with Gasteiger partial charge in [-0.05, 0) is 53.5 Å². The number of pyridine rings is 1. The number of amides is 1. The SMILES string of the molecule is C=CC(=O)N1CCC(n2ncc3cnc4c(F)c(-c5cc(O)cc6ccccc56)c(Cl)cc4c32)CC1. The van der Waals surface area contributed by atoms with Crippen molar-refractivity contribution in [1.82, 2.24) is 19.7 Å². The predicted octanol–water partition coefficient (Wildman–Crippen LogP) is 6.25. The Bertz CT molecular complexity index is 1690. The average molecular weight is 501 g/mol. The van der Waals surface area contributed by atoms with Gasteiger partial charge in [-0.2, -0.15) is 5.10 Å². The number of phenols is 1. The Morgan fingerprint density at radius 3 is 2.67 bits per heavy atom. The first kappa shape index (κ1) is 22.5. The number of fused-ring (bicyclic) bond motifs is 4. The van der Waals surface area contributed by atoms with E-state index in [1.165, 1.54) is 12.1 Å². The zero-order chi connectivity index (χ0) is 25.0. The first-order chi connectivity index (χ1) is 17.5. The van der Waals surface area contributed by atoms with Gasteiger partial charge >= 0.3 is 0 Å². The van der Waals surface area contributed by atoms with Gasteiger partial charge in [0.15, 0.2) is 5.82 Å². The molecule has 0 aliphatic carbocycles. The highest BCUT2D eigenvalue weighted by Crippen LogP contribution is 2.42. The van der Waals surface area contributed by atoms with Gasteiger partial charge in [0, 0.05) is 35.6 Å². The van der Waals surface area contributed by atoms with E-state index in [9.17, 15) is 9.90 Å². The predicted molar refractivity (Wildman–Crippen MR) is 140 cm³/mol. The Kier molecular flexibility index (Phi) is 5.38. The summed E-state index contributed by atoms with van der Waals surface area (Å²) >= 11 is 6.74. The van der Waals surface area contributed by atoms with Crippen LogP contribution in [0.1, 0.15) is 18.9 Å². The van der Waals surface area contributed by atoms with E-state index in [0.29, 0.717) is 24.0 Å². The Balaban J connectivity index is 1.51. The zero-order valence-electron chi connectivity index (χ0n) is 19.3. The van der Waals surface area contributed by atoms with Crippen molar-refractivity contribution in [2.45, 2.75) is 18.9 Å². The van der Waals surface area contributed by atoms with Crippen LogP contribution < -0.4 is 0 Å². The van der Waals surface area contributed by atoms with Gasteiger partial charge in [0.2, 0.25) is 5.91 Å². The molecule has 1 aliphatic heterocycles. The van der Waals surface area contributed by atoms with E-state index in [-0.39, 0.29) is 33.8 Å². The largest absolute Gasteiger partial charge is 0.508 e. The lowest BCUT2D eigenvalue weighted by atomic mass is 9.95. The van der Waals surface area contributed by atoms with Crippen LogP contribution in [0.25, 0.3) is 43.7 Å². The fraction of sp³-hybridized carbons (Fsp3) is 0.179. The van der Waals surface area contributed by atoms with Gasteiger partial charge in [0.1, 0.15) is 11.3 Å². The Labute approximate surface area is 211 Å². The first-order valence-electron chi connectivity index (χ1n) is 11.7. The Morgan fingerprint density at radius 2 is 1.89 bits per heavy atom. The molecule has 1 fully saturated rings. The standard InChI is InChI=1S/C28H22ClFN4O2/c1-2-24(36)33-9-7-18(8-10-33)34-28-17(15-32-34)14-31-27-22(28)13-23(29)25(26(27)30)21-12-19(35)11-16-5-3-4-6-20(16)21/h2-6,11-15,18,35H,1,7-10H2. The maximum Gasteiger partial charge on any atom is 0.245 e. The van der Waals surface area contributed by atoms with Gasteiger partial charge in [0.25, 0.3) is 0 Å². The molecule has 0 radical (unpaired) electrons. The molecule has 5 aromatic rings. The van der Waals surface area contributed by atoms with E-state index in [1.807, 2.05) is 28.9 Å². The number of carbonyl (C=O) groups is 1. The third-order valence-corrected chi connectivity index (χ3v) is 7.31. The molecule has 0 saturated carbocycles. The molecule has 2 aromatic heterocycles. The third-order valence-electron chi connectivity index (χ3n) is 7.02. The minimum absolute atomic E-state index is 0.0297. The summed E-state index contributed by atoms with van der Waals surface area (Å²) in [6.45, 7) is 4.77. The van der Waals surface area contributed by atoms with Crippen molar-refractivity contribution in [2.24, 2.45) is 0 Å². The van der Waals surface area contributed by atoms with Gasteiger partial charge in [-0.1, -0.05) is 42.4 Å². The molecule has 1 amide bonds. The van der Waals surface area contributed by atoms with Crippen LogP contribution in [0, 0.1) is 5.82 Å². The molecule has 36 heavy (non-hydrogen) atoms. The lowest BCUT2D eigenvalue weighted by Gasteiger charge is -2.31. The number of hydrogen-bond acceptors (Lipinski definition) is 4. The highest BCUT2D eigenvalue weighted by Gasteiger charge is 2.26. The minimum atomic E-state index is -0.547. The van der Waals surface area contributed by atoms with Crippen molar-refractivity contribution in [3.05, 3.63) is 78.4 Å². The highest BCUT2D eigenvalue weighted by atomic mass is 35.5. The zero-order valence-corrected chi connectivity index (χ0v) is 20.0. The summed E-state index contributed by atoms with van der Waals surface area (Å²) in [5.74, 6) is -0.592. The molecule has 0 bridgehead atoms. The number of carbonyl (C=O) groups excluding carboxylic acids is 1. The molecule has 180 valence electrons. The number of rotatable bonds is 3. The molecule has 0 spiro atoms. The number of likely N-dealkylation sites (tertiary alicyclic amines) is 1. The molecule has 8 heteroatoms. The Hall–Kier alpha value is -3.97. The summed E-state index contributed by atoms with van der Waals surface area (Å²) in [6.07, 6.45) is 6.14. The lowest BCUT2D eigenvalue weighted by Crippen LogP contribution is -2.38. The molecule has 3 aromatic carbocycles. The number of benzene rings is 3. The molecule has 6 nitrogen and oxygen atoms in total. The summed E-state index contributed by atoms with van der Waals surface area (Å²) < 4.78 is 18.1. The second-order valence-electron chi connectivity index (χ2n) is 9.07. The summed E-state index contributed by atoms with van der Waals surface area (Å²) in [5.41, 5.74) is 1.66. The fourth-order valence-electron chi connectivity index (χ4n) is 5.28. The summed E-state index contributed by atoms with van der Waals surface area (Å²) in [4.78, 5) is 18.2. The van der Waals surface area contributed by atoms with Gasteiger partial charge in [-0.25, -0.2) is 4.39 Å². The van der Waals surface area contributed by atoms with Crippen molar-refractivity contribution in [3.63, 3.8) is 0 Å². The van der Waals surface area contributed by atoms with Crippen molar-refractivity contribution in [2.75, 3.05) is 13.1 Å². The van der Waals surface area contributed by atoms with E-state index < -0.39 is 5.82 Å². The number of hydrogen-bond donors (Lipinski definition) is 1. The normalized spacial score (nSPS) is 14.7. The van der Waals surface area contributed by atoms with Crippen molar-refractivity contribution in [1.29, 1.82) is 0 Å². The van der Waals surface area contributed by atoms with E-state index in [0.717, 1.165) is 34.5 Å². The topological polar surface area (TPSA) is 71.2 Å². The van der Waals surface area contributed by atoms with Crippen LogP contribution in [0.4, 0.5) is 4.39 Å². The molecule has 1 aliphatic rings. The quantitative estimate of drug-likeness (QED) is 0.297. The molecule has 0 atom stereocenters. The van der Waals surface area contributed by atoms with E-state index in [2.05, 4.69) is 16.7 Å². The van der Waals surface area contributed by atoms with Crippen LogP contribution in [0.15, 0.2) is 67.5 Å². The van der Waals surface area contributed by atoms with Crippen molar-refractivity contribution in [3.8, 4) is 16.9 Å². The van der Waals surface area contributed by atoms with Gasteiger partial charge in [-0.3, -0.25) is 14.5 Å². The van der Waals surface area contributed by atoms with E-state index >= 15 is 4.39 Å². The van der Waals surface area contributed by atoms with Crippen LogP contribution in [0.5, 0.6) is 5.75 Å². The van der Waals surface area contributed by atoms with Crippen LogP contribution in [0.2, 0.25) is 5.02 Å². The van der Waals surface area contributed by atoms with Crippen LogP contribution >= 0.6 is 11.6 Å². The van der Waals surface area contributed by atoms with Crippen molar-refractivity contribution >= 4 is 50.1 Å². The molecule has 6 rings (SSSR count).